The van der Waals surface area contributed by atoms with Crippen LogP contribution in [0, 0.1) is 13.8 Å². The van der Waals surface area contributed by atoms with Crippen LogP contribution >= 0.6 is 22.6 Å². The zero-order valence-corrected chi connectivity index (χ0v) is 14.0. The third-order valence-corrected chi connectivity index (χ3v) is 5.43. The summed E-state index contributed by atoms with van der Waals surface area (Å²) in [4.78, 5) is 0. The molecule has 2 N–H and O–H groups in total. The van der Waals surface area contributed by atoms with Crippen LogP contribution in [-0.2, 0) is 0 Å². The molecule has 3 heteroatoms. The fraction of sp³-hybridized carbons (Fsp3) is 0.600. The van der Waals surface area contributed by atoms with Gasteiger partial charge in [0, 0.05) is 9.99 Å². The molecular weight excluding hydrogens is 337 g/mol. The minimum atomic E-state index is -0.273. The predicted octanol–water partition coefficient (Wildman–Crippen LogP) is 4.01. The Bertz CT molecular complexity index is 484. The number of alkyl halides is 1. The van der Waals surface area contributed by atoms with Gasteiger partial charge in [0.2, 0.25) is 0 Å². The topological polar surface area (TPSA) is 35.2 Å². The first-order valence-electron chi connectivity index (χ1n) is 6.46. The molecule has 0 radical (unpaired) electrons. The smallest absolute Gasteiger partial charge is 0.134 e. The molecule has 1 aliphatic rings. The normalized spacial score (nSPS) is 26.3. The molecule has 1 heterocycles. The van der Waals surface area contributed by atoms with Crippen molar-refractivity contribution >= 4 is 22.6 Å². The Hall–Kier alpha value is -0.290. The molecule has 0 saturated carbocycles. The van der Waals surface area contributed by atoms with Gasteiger partial charge in [-0.05, 0) is 43.4 Å². The fourth-order valence-electron chi connectivity index (χ4n) is 2.91. The molecule has 18 heavy (non-hydrogen) atoms. The summed E-state index contributed by atoms with van der Waals surface area (Å²) in [7, 11) is 0. The van der Waals surface area contributed by atoms with Crippen molar-refractivity contribution in [3.8, 4) is 5.75 Å². The zero-order chi connectivity index (χ0) is 13.7. The van der Waals surface area contributed by atoms with Crippen molar-refractivity contribution in [2.75, 3.05) is 4.43 Å². The van der Waals surface area contributed by atoms with Gasteiger partial charge in [0.15, 0.2) is 0 Å². The Labute approximate surface area is 123 Å². The summed E-state index contributed by atoms with van der Waals surface area (Å²) in [6, 6.07) is 2.22. The molecular formula is C15H22INO. The second kappa shape index (κ2) is 4.67. The second-order valence-electron chi connectivity index (χ2n) is 5.85. The molecule has 2 rings (SSSR count). The second-order valence-corrected chi connectivity index (χ2v) is 6.61. The maximum absolute atomic E-state index is 6.43. The third-order valence-electron chi connectivity index (χ3n) is 3.92. The highest BCUT2D eigenvalue weighted by Crippen LogP contribution is 2.49. The van der Waals surface area contributed by atoms with Crippen molar-refractivity contribution in [2.45, 2.75) is 52.2 Å². The van der Waals surface area contributed by atoms with Crippen LogP contribution in [0.4, 0.5) is 0 Å². The highest BCUT2D eigenvalue weighted by atomic mass is 127. The SMILES string of the molecule is Cc1cc(C)c2c(c1C(C)C)OC(C)(CI)C2N. The van der Waals surface area contributed by atoms with Gasteiger partial charge in [-0.2, -0.15) is 0 Å². The average molecular weight is 359 g/mol. The van der Waals surface area contributed by atoms with E-state index in [1.54, 1.807) is 0 Å². The number of hydrogen-bond donors (Lipinski definition) is 1. The van der Waals surface area contributed by atoms with E-state index in [1.807, 2.05) is 0 Å². The van der Waals surface area contributed by atoms with Gasteiger partial charge >= 0.3 is 0 Å². The first-order valence-corrected chi connectivity index (χ1v) is 7.99. The van der Waals surface area contributed by atoms with Gasteiger partial charge < -0.3 is 10.5 Å². The Morgan fingerprint density at radius 3 is 2.50 bits per heavy atom. The number of nitrogens with two attached hydrogens (primary N) is 1. The van der Waals surface area contributed by atoms with E-state index in [0.717, 1.165) is 10.2 Å². The standard InChI is InChI=1S/C15H22INO/c1-8(2)11-9(3)6-10(4)12-13(11)18-15(5,7-16)14(12)17/h6,8,14H,7,17H2,1-5H3. The van der Waals surface area contributed by atoms with Gasteiger partial charge in [-0.25, -0.2) is 0 Å². The lowest BCUT2D eigenvalue weighted by molar-refractivity contribution is 0.119. The van der Waals surface area contributed by atoms with Crippen LogP contribution in [0.1, 0.15) is 55.0 Å². The lowest BCUT2D eigenvalue weighted by Crippen LogP contribution is -2.40. The van der Waals surface area contributed by atoms with E-state index in [-0.39, 0.29) is 11.6 Å². The lowest BCUT2D eigenvalue weighted by atomic mass is 9.87. The summed E-state index contributed by atoms with van der Waals surface area (Å²) in [5, 5.41) is 0. The molecule has 2 unspecified atom stereocenters. The summed E-state index contributed by atoms with van der Waals surface area (Å²) in [6.07, 6.45) is 0. The highest BCUT2D eigenvalue weighted by molar-refractivity contribution is 14.1. The van der Waals surface area contributed by atoms with Crippen LogP contribution in [0.25, 0.3) is 0 Å². The van der Waals surface area contributed by atoms with Gasteiger partial charge in [0.25, 0.3) is 0 Å². The highest BCUT2D eigenvalue weighted by Gasteiger charge is 2.44. The third kappa shape index (κ3) is 1.95. The van der Waals surface area contributed by atoms with Crippen LogP contribution in [-0.4, -0.2) is 10.0 Å². The van der Waals surface area contributed by atoms with Crippen LogP contribution in [0.2, 0.25) is 0 Å². The largest absolute Gasteiger partial charge is 0.484 e. The Kier molecular flexibility index (Phi) is 3.67. The van der Waals surface area contributed by atoms with Crippen LogP contribution in [0.3, 0.4) is 0 Å². The van der Waals surface area contributed by atoms with E-state index in [4.69, 9.17) is 10.5 Å². The van der Waals surface area contributed by atoms with Crippen molar-refractivity contribution in [3.05, 3.63) is 28.3 Å². The van der Waals surface area contributed by atoms with Crippen LogP contribution in [0.15, 0.2) is 6.07 Å². The lowest BCUT2D eigenvalue weighted by Gasteiger charge is -2.26. The summed E-state index contributed by atoms with van der Waals surface area (Å²) in [5.41, 5.74) is 11.3. The Balaban J connectivity index is 2.68. The fourth-order valence-corrected chi connectivity index (χ4v) is 3.54. The van der Waals surface area contributed by atoms with Crippen molar-refractivity contribution in [1.82, 2.24) is 0 Å². The molecule has 0 spiro atoms. The van der Waals surface area contributed by atoms with Gasteiger partial charge in [0.05, 0.1) is 6.04 Å². The van der Waals surface area contributed by atoms with E-state index in [1.165, 1.54) is 22.3 Å². The maximum Gasteiger partial charge on any atom is 0.134 e. The number of benzene rings is 1. The quantitative estimate of drug-likeness (QED) is 0.640. The average Bonchev–Trinajstić information content (AvgIpc) is 2.52. The Morgan fingerprint density at radius 2 is 2.00 bits per heavy atom. The molecule has 2 nitrogen and oxygen atoms in total. The van der Waals surface area contributed by atoms with Crippen molar-refractivity contribution in [3.63, 3.8) is 0 Å². The molecule has 2 atom stereocenters. The van der Waals surface area contributed by atoms with E-state index >= 15 is 0 Å². The van der Waals surface area contributed by atoms with Gasteiger partial charge in [-0.1, -0.05) is 42.5 Å². The van der Waals surface area contributed by atoms with Crippen molar-refractivity contribution < 1.29 is 4.74 Å². The summed E-state index contributed by atoms with van der Waals surface area (Å²) >= 11 is 2.36. The van der Waals surface area contributed by atoms with Gasteiger partial charge in [0.1, 0.15) is 11.4 Å². The maximum atomic E-state index is 6.43. The van der Waals surface area contributed by atoms with Crippen molar-refractivity contribution in [1.29, 1.82) is 0 Å². The van der Waals surface area contributed by atoms with Gasteiger partial charge in [-0.15, -0.1) is 0 Å². The molecule has 0 saturated heterocycles. The summed E-state index contributed by atoms with van der Waals surface area (Å²) in [6.45, 7) is 10.8. The predicted molar refractivity (Wildman–Crippen MR) is 84.9 cm³/mol. The number of fused-ring (bicyclic) bond motifs is 1. The number of ether oxygens (including phenoxy) is 1. The van der Waals surface area contributed by atoms with Crippen LogP contribution < -0.4 is 10.5 Å². The molecule has 1 aromatic rings. The molecule has 1 aromatic carbocycles. The first-order chi connectivity index (χ1) is 8.31. The number of rotatable bonds is 2. The summed E-state index contributed by atoms with van der Waals surface area (Å²) < 4.78 is 7.18. The molecule has 0 bridgehead atoms. The minimum Gasteiger partial charge on any atom is -0.484 e. The molecule has 0 amide bonds. The zero-order valence-electron chi connectivity index (χ0n) is 11.8. The monoisotopic (exact) mass is 359 g/mol. The van der Waals surface area contributed by atoms with E-state index in [0.29, 0.717) is 5.92 Å². The number of halogens is 1. The molecule has 0 aliphatic carbocycles. The molecule has 1 aliphatic heterocycles. The van der Waals surface area contributed by atoms with E-state index < -0.39 is 0 Å². The van der Waals surface area contributed by atoms with Gasteiger partial charge in [-0.3, -0.25) is 0 Å². The Morgan fingerprint density at radius 1 is 1.39 bits per heavy atom. The van der Waals surface area contributed by atoms with E-state index in [2.05, 4.69) is 63.3 Å². The number of aryl methyl sites for hydroxylation is 2. The molecule has 0 aromatic heterocycles. The van der Waals surface area contributed by atoms with Crippen molar-refractivity contribution in [2.24, 2.45) is 5.73 Å². The van der Waals surface area contributed by atoms with Crippen LogP contribution in [0.5, 0.6) is 5.75 Å². The molecule has 100 valence electrons. The summed E-state index contributed by atoms with van der Waals surface area (Å²) in [5.74, 6) is 1.51. The number of hydrogen-bond acceptors (Lipinski definition) is 2. The van der Waals surface area contributed by atoms with E-state index in [9.17, 15) is 0 Å². The first kappa shape index (κ1) is 14.1. The minimum absolute atomic E-state index is 0.0255. The molecule has 0 fully saturated rings.